The van der Waals surface area contributed by atoms with Crippen molar-refractivity contribution in [1.82, 2.24) is 20.4 Å². The molecule has 152 valence electrons. The van der Waals surface area contributed by atoms with Gasteiger partial charge in [-0.2, -0.15) is 0 Å². The Hall–Kier alpha value is -1.79. The minimum Gasteiger partial charge on any atom is -0.494 e. The van der Waals surface area contributed by atoms with Crippen LogP contribution in [-0.4, -0.2) is 75.7 Å². The number of benzene rings is 1. The van der Waals surface area contributed by atoms with Crippen LogP contribution in [0.2, 0.25) is 0 Å². The number of hydrogen-bond donors (Lipinski definition) is 2. The molecule has 1 unspecified atom stereocenters. The molecule has 6 nitrogen and oxygen atoms in total. The molecule has 1 aliphatic heterocycles. The van der Waals surface area contributed by atoms with Crippen LogP contribution in [0.25, 0.3) is 0 Å². The summed E-state index contributed by atoms with van der Waals surface area (Å²) in [7, 11) is 4.02. The molecule has 1 heterocycles. The summed E-state index contributed by atoms with van der Waals surface area (Å²) in [6.45, 7) is 14.5. The molecule has 27 heavy (non-hydrogen) atoms. The lowest BCUT2D eigenvalue weighted by Gasteiger charge is -2.34. The van der Waals surface area contributed by atoms with Crippen molar-refractivity contribution >= 4 is 5.96 Å². The van der Waals surface area contributed by atoms with Gasteiger partial charge in [0.15, 0.2) is 5.96 Å². The molecule has 1 fully saturated rings. The summed E-state index contributed by atoms with van der Waals surface area (Å²) in [4.78, 5) is 9.31. The number of aryl methyl sites for hydroxylation is 1. The second-order valence-electron chi connectivity index (χ2n) is 7.56. The molecule has 6 heteroatoms. The molecule has 1 saturated heterocycles. The second-order valence-corrected chi connectivity index (χ2v) is 7.56. The van der Waals surface area contributed by atoms with Crippen LogP contribution in [0.3, 0.4) is 0 Å². The van der Waals surface area contributed by atoms with Crippen LogP contribution in [0, 0.1) is 12.8 Å². The van der Waals surface area contributed by atoms with E-state index in [1.807, 2.05) is 14.0 Å². The highest BCUT2D eigenvalue weighted by atomic mass is 16.5. The molecule has 0 aliphatic carbocycles. The third-order valence-corrected chi connectivity index (χ3v) is 4.98. The van der Waals surface area contributed by atoms with Crippen molar-refractivity contribution in [2.24, 2.45) is 10.9 Å². The average Bonchev–Trinajstić information content (AvgIpc) is 2.65. The van der Waals surface area contributed by atoms with Gasteiger partial charge in [-0.1, -0.05) is 19.1 Å². The molecule has 1 aromatic carbocycles. The minimum absolute atomic E-state index is 0.574. The van der Waals surface area contributed by atoms with Gasteiger partial charge in [-0.25, -0.2) is 0 Å². The van der Waals surface area contributed by atoms with E-state index in [-0.39, 0.29) is 0 Å². The smallest absolute Gasteiger partial charge is 0.191 e. The maximum atomic E-state index is 5.76. The lowest BCUT2D eigenvalue weighted by atomic mass is 10.1. The highest BCUT2D eigenvalue weighted by Gasteiger charge is 2.16. The fraction of sp³-hybridized carbons (Fsp3) is 0.667. The number of nitrogens with one attached hydrogen (secondary N) is 2. The first-order valence-corrected chi connectivity index (χ1v) is 10.1. The maximum Gasteiger partial charge on any atom is 0.191 e. The van der Waals surface area contributed by atoms with Crippen molar-refractivity contribution in [2.45, 2.75) is 27.3 Å². The molecule has 0 radical (unpaired) electrons. The Morgan fingerprint density at radius 3 is 2.63 bits per heavy atom. The zero-order chi connectivity index (χ0) is 19.6. The van der Waals surface area contributed by atoms with E-state index in [0.717, 1.165) is 30.4 Å². The summed E-state index contributed by atoms with van der Waals surface area (Å²) in [5.41, 5.74) is 2.36. The highest BCUT2D eigenvalue weighted by molar-refractivity contribution is 5.79. The first kappa shape index (κ1) is 21.5. The minimum atomic E-state index is 0.574. The number of hydrogen-bond acceptors (Lipinski definition) is 4. The van der Waals surface area contributed by atoms with Crippen LogP contribution in [0.1, 0.15) is 25.0 Å². The van der Waals surface area contributed by atoms with E-state index in [4.69, 9.17) is 4.74 Å². The zero-order valence-electron chi connectivity index (χ0n) is 17.7. The van der Waals surface area contributed by atoms with Crippen molar-refractivity contribution in [2.75, 3.05) is 60.0 Å². The zero-order valence-corrected chi connectivity index (χ0v) is 17.7. The van der Waals surface area contributed by atoms with Crippen LogP contribution in [-0.2, 0) is 6.54 Å². The number of rotatable bonds is 8. The molecule has 0 amide bonds. The number of ether oxygens (including phenoxy) is 1. The lowest BCUT2D eigenvalue weighted by Crippen LogP contribution is -2.47. The third-order valence-electron chi connectivity index (χ3n) is 4.98. The van der Waals surface area contributed by atoms with E-state index in [1.54, 1.807) is 0 Å². The molecule has 1 aromatic rings. The van der Waals surface area contributed by atoms with E-state index in [9.17, 15) is 0 Å². The van der Waals surface area contributed by atoms with Gasteiger partial charge in [0.1, 0.15) is 5.75 Å². The first-order chi connectivity index (χ1) is 13.0. The Bertz CT molecular complexity index is 596. The van der Waals surface area contributed by atoms with Gasteiger partial charge in [0, 0.05) is 58.4 Å². The molecular weight excluding hydrogens is 338 g/mol. The number of piperazine rings is 1. The SMILES string of the molecule is CCOc1cc(C)ccc1CNC(=NC)NCC(C)CN1CCN(C)CC1. The van der Waals surface area contributed by atoms with Gasteiger partial charge in [-0.05, 0) is 38.4 Å². The Kier molecular flexibility index (Phi) is 8.88. The molecular formula is C21H37N5O. The fourth-order valence-electron chi connectivity index (χ4n) is 3.30. The van der Waals surface area contributed by atoms with Gasteiger partial charge in [0.25, 0.3) is 0 Å². The first-order valence-electron chi connectivity index (χ1n) is 10.1. The number of aliphatic imine (C=N–C) groups is 1. The molecule has 1 aliphatic rings. The molecule has 0 saturated carbocycles. The average molecular weight is 376 g/mol. The molecule has 0 bridgehead atoms. The molecule has 0 spiro atoms. The Labute approximate surface area is 165 Å². The summed E-state index contributed by atoms with van der Waals surface area (Å²) >= 11 is 0. The van der Waals surface area contributed by atoms with Gasteiger partial charge in [-0.15, -0.1) is 0 Å². The number of guanidine groups is 1. The van der Waals surface area contributed by atoms with E-state index >= 15 is 0 Å². The predicted octanol–water partition coefficient (Wildman–Crippen LogP) is 1.94. The van der Waals surface area contributed by atoms with E-state index in [0.29, 0.717) is 19.1 Å². The summed E-state index contributed by atoms with van der Waals surface area (Å²) in [5, 5.41) is 6.87. The monoisotopic (exact) mass is 375 g/mol. The topological polar surface area (TPSA) is 52.1 Å². The molecule has 0 aromatic heterocycles. The van der Waals surface area contributed by atoms with Gasteiger partial charge < -0.3 is 25.2 Å². The summed E-state index contributed by atoms with van der Waals surface area (Å²) in [6.07, 6.45) is 0. The van der Waals surface area contributed by atoms with Crippen LogP contribution < -0.4 is 15.4 Å². The van der Waals surface area contributed by atoms with Crippen molar-refractivity contribution in [3.8, 4) is 5.75 Å². The third kappa shape index (κ3) is 7.39. The van der Waals surface area contributed by atoms with Crippen molar-refractivity contribution < 1.29 is 4.74 Å². The van der Waals surface area contributed by atoms with Crippen molar-refractivity contribution in [3.63, 3.8) is 0 Å². The lowest BCUT2D eigenvalue weighted by molar-refractivity contribution is 0.139. The fourth-order valence-corrected chi connectivity index (χ4v) is 3.30. The van der Waals surface area contributed by atoms with Crippen LogP contribution >= 0.6 is 0 Å². The van der Waals surface area contributed by atoms with Crippen molar-refractivity contribution in [1.29, 1.82) is 0 Å². The van der Waals surface area contributed by atoms with Crippen LogP contribution in [0.15, 0.2) is 23.2 Å². The maximum absolute atomic E-state index is 5.76. The highest BCUT2D eigenvalue weighted by Crippen LogP contribution is 2.20. The number of likely N-dealkylation sites (N-methyl/N-ethyl adjacent to an activating group) is 1. The van der Waals surface area contributed by atoms with Crippen LogP contribution in [0.5, 0.6) is 5.75 Å². The van der Waals surface area contributed by atoms with Crippen molar-refractivity contribution in [3.05, 3.63) is 29.3 Å². The Balaban J connectivity index is 1.77. The van der Waals surface area contributed by atoms with Crippen LogP contribution in [0.4, 0.5) is 0 Å². The number of nitrogens with zero attached hydrogens (tertiary/aromatic N) is 3. The normalized spacial score (nSPS) is 17.6. The molecule has 2 N–H and O–H groups in total. The predicted molar refractivity (Wildman–Crippen MR) is 114 cm³/mol. The van der Waals surface area contributed by atoms with E-state index in [1.165, 1.54) is 31.7 Å². The second kappa shape index (κ2) is 11.1. The molecule has 1 atom stereocenters. The van der Waals surface area contributed by atoms with E-state index < -0.39 is 0 Å². The van der Waals surface area contributed by atoms with E-state index in [2.05, 4.69) is 64.5 Å². The van der Waals surface area contributed by atoms with Gasteiger partial charge in [-0.3, -0.25) is 4.99 Å². The molecule has 2 rings (SSSR count). The van der Waals surface area contributed by atoms with Gasteiger partial charge in [0.05, 0.1) is 6.61 Å². The van der Waals surface area contributed by atoms with Gasteiger partial charge in [0.2, 0.25) is 0 Å². The Morgan fingerprint density at radius 1 is 1.22 bits per heavy atom. The Morgan fingerprint density at radius 2 is 1.96 bits per heavy atom. The standard InChI is InChI=1S/C21H37N5O/c1-6-27-20-13-17(2)7-8-19(20)15-24-21(22-4)23-14-18(3)16-26-11-9-25(5)10-12-26/h7-8,13,18H,6,9-12,14-16H2,1-5H3,(H2,22,23,24). The largest absolute Gasteiger partial charge is 0.494 e. The summed E-state index contributed by atoms with van der Waals surface area (Å²) in [5.74, 6) is 2.36. The summed E-state index contributed by atoms with van der Waals surface area (Å²) in [6, 6.07) is 6.33. The summed E-state index contributed by atoms with van der Waals surface area (Å²) < 4.78 is 5.76. The van der Waals surface area contributed by atoms with Gasteiger partial charge >= 0.3 is 0 Å². The quantitative estimate of drug-likeness (QED) is 0.537.